The first kappa shape index (κ1) is 23.9. The molecule has 3 rings (SSSR count). The fourth-order valence-corrected chi connectivity index (χ4v) is 3.30. The van der Waals surface area contributed by atoms with Gasteiger partial charge in [0.15, 0.2) is 11.8 Å². The molecule has 2 aromatic carbocycles. The molecule has 1 unspecified atom stereocenters. The van der Waals surface area contributed by atoms with E-state index in [-0.39, 0.29) is 33.6 Å². The molecule has 33 heavy (non-hydrogen) atoms. The van der Waals surface area contributed by atoms with Crippen LogP contribution in [0.25, 0.3) is 10.8 Å². The smallest absolute Gasteiger partial charge is 0.360 e. The molecule has 1 amide bonds. The topological polar surface area (TPSA) is 133 Å². The number of ether oxygens (including phenoxy) is 1. The Bertz CT molecular complexity index is 1300. The quantitative estimate of drug-likeness (QED) is 0.314. The van der Waals surface area contributed by atoms with Crippen LogP contribution in [0, 0.1) is 16.0 Å². The molecule has 3 aromatic rings. The van der Waals surface area contributed by atoms with Crippen LogP contribution in [0.1, 0.15) is 31.3 Å². The average Bonchev–Trinajstić information content (AvgIpc) is 2.76. The van der Waals surface area contributed by atoms with Crippen LogP contribution < -0.4 is 10.9 Å². The lowest BCUT2D eigenvalue weighted by atomic mass is 10.1. The number of nitrogens with one attached hydrogen (secondary N) is 1. The minimum atomic E-state index is -1.24. The number of rotatable bonds is 7. The number of carbonyl (C=O) groups excluding carboxylic acids is 2. The Balaban J connectivity index is 1.83. The zero-order valence-electron chi connectivity index (χ0n) is 18.1. The molecule has 0 aliphatic heterocycles. The first-order chi connectivity index (χ1) is 15.6. The number of fused-ring (bicyclic) bond motifs is 1. The van der Waals surface area contributed by atoms with Crippen LogP contribution in [0.4, 0.5) is 11.4 Å². The second-order valence-corrected chi connectivity index (χ2v) is 8.14. The number of anilines is 1. The first-order valence-corrected chi connectivity index (χ1v) is 10.4. The summed E-state index contributed by atoms with van der Waals surface area (Å²) < 4.78 is 6.51. The summed E-state index contributed by atoms with van der Waals surface area (Å²) in [5.74, 6) is -1.46. The van der Waals surface area contributed by atoms with Crippen molar-refractivity contribution >= 4 is 45.6 Å². The van der Waals surface area contributed by atoms with Gasteiger partial charge < -0.3 is 10.1 Å². The number of esters is 1. The molecule has 0 bridgehead atoms. The number of non-ortho nitro benzene ring substituents is 1. The van der Waals surface area contributed by atoms with Crippen LogP contribution in [0.15, 0.2) is 47.3 Å². The third kappa shape index (κ3) is 5.35. The zero-order valence-corrected chi connectivity index (χ0v) is 18.8. The molecule has 1 aromatic heterocycles. The average molecular weight is 473 g/mol. The lowest BCUT2D eigenvalue weighted by Crippen LogP contribution is -2.32. The van der Waals surface area contributed by atoms with Crippen molar-refractivity contribution in [3.05, 3.63) is 73.6 Å². The van der Waals surface area contributed by atoms with E-state index in [0.29, 0.717) is 17.3 Å². The maximum atomic E-state index is 12.9. The highest BCUT2D eigenvalue weighted by Gasteiger charge is 2.24. The molecule has 0 aliphatic rings. The standard InChI is InChI=1S/C22H21ClN4O6/c1-12(2)11-26-21(29)16-7-5-4-6-15(16)19(25-26)22(30)33-13(3)20(28)24-18-9-8-14(27(31)32)10-17(18)23/h4-10,12-13H,11H2,1-3H3,(H,24,28). The van der Waals surface area contributed by atoms with E-state index in [1.807, 2.05) is 13.8 Å². The molecule has 11 heteroatoms. The minimum absolute atomic E-state index is 0.0375. The second-order valence-electron chi connectivity index (χ2n) is 7.73. The monoisotopic (exact) mass is 472 g/mol. The normalized spacial score (nSPS) is 11.9. The molecule has 0 spiro atoms. The van der Waals surface area contributed by atoms with E-state index in [9.17, 15) is 24.5 Å². The molecule has 1 heterocycles. The van der Waals surface area contributed by atoms with Crippen LogP contribution in [0.3, 0.4) is 0 Å². The summed E-state index contributed by atoms with van der Waals surface area (Å²) in [5, 5.41) is 18.1. The minimum Gasteiger partial charge on any atom is -0.448 e. The zero-order chi connectivity index (χ0) is 24.3. The van der Waals surface area contributed by atoms with Gasteiger partial charge in [-0.2, -0.15) is 5.10 Å². The van der Waals surface area contributed by atoms with E-state index in [4.69, 9.17) is 16.3 Å². The van der Waals surface area contributed by atoms with E-state index >= 15 is 0 Å². The maximum absolute atomic E-state index is 12.9. The van der Waals surface area contributed by atoms with E-state index in [1.54, 1.807) is 24.3 Å². The summed E-state index contributed by atoms with van der Waals surface area (Å²) in [4.78, 5) is 48.3. The third-order valence-corrected chi connectivity index (χ3v) is 4.99. The van der Waals surface area contributed by atoms with Gasteiger partial charge in [0.1, 0.15) is 0 Å². The number of hydrogen-bond acceptors (Lipinski definition) is 7. The number of nitro groups is 1. The fraction of sp³-hybridized carbons (Fsp3) is 0.273. The summed E-state index contributed by atoms with van der Waals surface area (Å²) in [6.07, 6.45) is -1.24. The summed E-state index contributed by atoms with van der Waals surface area (Å²) in [6.45, 7) is 5.49. The lowest BCUT2D eigenvalue weighted by Gasteiger charge is -2.16. The van der Waals surface area contributed by atoms with Crippen molar-refractivity contribution in [1.29, 1.82) is 0 Å². The number of aromatic nitrogens is 2. The van der Waals surface area contributed by atoms with Crippen LogP contribution in [-0.2, 0) is 16.1 Å². The van der Waals surface area contributed by atoms with Gasteiger partial charge >= 0.3 is 5.97 Å². The van der Waals surface area contributed by atoms with Gasteiger partial charge in [-0.1, -0.05) is 43.6 Å². The number of nitro benzene ring substituents is 1. The number of benzene rings is 2. The van der Waals surface area contributed by atoms with E-state index in [0.717, 1.165) is 6.07 Å². The summed E-state index contributed by atoms with van der Waals surface area (Å²) in [7, 11) is 0. The van der Waals surface area contributed by atoms with Gasteiger partial charge in [-0.15, -0.1) is 0 Å². The highest BCUT2D eigenvalue weighted by Crippen LogP contribution is 2.27. The summed E-state index contributed by atoms with van der Waals surface area (Å²) in [6, 6.07) is 10.1. The van der Waals surface area contributed by atoms with Crippen LogP contribution in [-0.4, -0.2) is 32.7 Å². The SMILES string of the molecule is CC(C)Cn1nc(C(=O)OC(C)C(=O)Nc2ccc([N+](=O)[O-])cc2Cl)c2ccccc2c1=O. The Labute approximate surface area is 193 Å². The molecule has 1 N–H and O–H groups in total. The summed E-state index contributed by atoms with van der Waals surface area (Å²) in [5.41, 5.74) is -0.510. The van der Waals surface area contributed by atoms with Crippen LogP contribution >= 0.6 is 11.6 Å². The van der Waals surface area contributed by atoms with Gasteiger partial charge in [0.2, 0.25) is 0 Å². The van der Waals surface area contributed by atoms with Crippen LogP contribution in [0.2, 0.25) is 5.02 Å². The van der Waals surface area contributed by atoms with E-state index in [2.05, 4.69) is 10.4 Å². The van der Waals surface area contributed by atoms with E-state index < -0.39 is 22.9 Å². The van der Waals surface area contributed by atoms with Gasteiger partial charge in [0, 0.05) is 24.1 Å². The molecule has 0 saturated carbocycles. The number of nitrogens with zero attached hydrogens (tertiary/aromatic N) is 3. The molecule has 172 valence electrons. The van der Waals surface area contributed by atoms with Gasteiger partial charge in [-0.05, 0) is 25.0 Å². The molecule has 1 atom stereocenters. The van der Waals surface area contributed by atoms with Crippen molar-refractivity contribution in [3.8, 4) is 0 Å². The van der Waals surface area contributed by atoms with Gasteiger partial charge in [0.25, 0.3) is 17.2 Å². The van der Waals surface area contributed by atoms with Gasteiger partial charge in [-0.3, -0.25) is 19.7 Å². The Morgan fingerprint density at radius 1 is 1.18 bits per heavy atom. The van der Waals surface area contributed by atoms with Crippen LogP contribution in [0.5, 0.6) is 0 Å². The lowest BCUT2D eigenvalue weighted by molar-refractivity contribution is -0.384. The van der Waals surface area contributed by atoms with Crippen molar-refractivity contribution in [2.24, 2.45) is 5.92 Å². The maximum Gasteiger partial charge on any atom is 0.360 e. The van der Waals surface area contributed by atoms with Crippen molar-refractivity contribution in [1.82, 2.24) is 9.78 Å². The fourth-order valence-electron chi connectivity index (χ4n) is 3.08. The molecular formula is C22H21ClN4O6. The van der Waals surface area contributed by atoms with Gasteiger partial charge in [0.05, 0.1) is 21.0 Å². The summed E-state index contributed by atoms with van der Waals surface area (Å²) >= 11 is 5.99. The molecule has 0 saturated heterocycles. The van der Waals surface area contributed by atoms with Crippen molar-refractivity contribution in [2.45, 2.75) is 33.4 Å². The Morgan fingerprint density at radius 2 is 1.85 bits per heavy atom. The van der Waals surface area contributed by atoms with Gasteiger partial charge in [-0.25, -0.2) is 9.48 Å². The number of hydrogen-bond donors (Lipinski definition) is 1. The number of carbonyl (C=O) groups is 2. The number of amides is 1. The first-order valence-electron chi connectivity index (χ1n) is 10.0. The second kappa shape index (κ2) is 9.78. The highest BCUT2D eigenvalue weighted by molar-refractivity contribution is 6.34. The molecule has 0 radical (unpaired) electrons. The third-order valence-electron chi connectivity index (χ3n) is 4.67. The largest absolute Gasteiger partial charge is 0.448 e. The predicted molar refractivity (Wildman–Crippen MR) is 122 cm³/mol. The predicted octanol–water partition coefficient (Wildman–Crippen LogP) is 3.80. The number of halogens is 1. The molecule has 0 aliphatic carbocycles. The highest BCUT2D eigenvalue weighted by atomic mass is 35.5. The van der Waals surface area contributed by atoms with Crippen molar-refractivity contribution < 1.29 is 19.2 Å². The molecule has 0 fully saturated rings. The van der Waals surface area contributed by atoms with Crippen molar-refractivity contribution in [2.75, 3.05) is 5.32 Å². The Hall–Kier alpha value is -3.79. The molecule has 10 nitrogen and oxygen atoms in total. The van der Waals surface area contributed by atoms with E-state index in [1.165, 1.54) is 23.7 Å². The molecular weight excluding hydrogens is 452 g/mol. The Morgan fingerprint density at radius 3 is 2.45 bits per heavy atom. The van der Waals surface area contributed by atoms with Crippen molar-refractivity contribution in [3.63, 3.8) is 0 Å². The Kier molecular flexibility index (Phi) is 7.07.